The Morgan fingerprint density at radius 2 is 2.00 bits per heavy atom. The summed E-state index contributed by atoms with van der Waals surface area (Å²) < 4.78 is 5.05. The van der Waals surface area contributed by atoms with E-state index in [0.29, 0.717) is 38.2 Å². The second-order valence-electron chi connectivity index (χ2n) is 8.73. The number of hydrogen-bond acceptors (Lipinski definition) is 5. The minimum atomic E-state index is 0.0465. The Bertz CT molecular complexity index is 979. The number of carbonyl (C=O) groups is 1. The third-order valence-electron chi connectivity index (χ3n) is 6.14. The molecule has 2 aromatic rings. The summed E-state index contributed by atoms with van der Waals surface area (Å²) in [4.78, 5) is 21.6. The van der Waals surface area contributed by atoms with Crippen LogP contribution in [0.25, 0.3) is 11.1 Å². The zero-order valence-corrected chi connectivity index (χ0v) is 19.9. The van der Waals surface area contributed by atoms with Gasteiger partial charge in [0, 0.05) is 38.3 Å². The minimum Gasteiger partial charge on any atom is -0.384 e. The third-order valence-corrected chi connectivity index (χ3v) is 6.14. The van der Waals surface area contributed by atoms with Gasteiger partial charge in [-0.05, 0) is 36.5 Å². The lowest BCUT2D eigenvalue weighted by Crippen LogP contribution is -2.54. The van der Waals surface area contributed by atoms with E-state index in [9.17, 15) is 10.1 Å². The average Bonchev–Trinajstić information content (AvgIpc) is 2.81. The molecule has 1 aromatic heterocycles. The standard InChI is InChI=1S/C26H34N4O2/c1-6-20-7-9-21(10-8-20)23-15-22(16-27)26(28-25(23)18(2)3)29-12-13-30(19(4)17-29)24(31)11-14-32-5/h7-10,15,18-19H,6,11-14,17H2,1-5H3. The van der Waals surface area contributed by atoms with Crippen molar-refractivity contribution in [1.29, 1.82) is 5.26 Å². The van der Waals surface area contributed by atoms with Crippen LogP contribution < -0.4 is 4.90 Å². The van der Waals surface area contributed by atoms with Crippen molar-refractivity contribution in [3.63, 3.8) is 0 Å². The lowest BCUT2D eigenvalue weighted by Gasteiger charge is -2.41. The van der Waals surface area contributed by atoms with Gasteiger partial charge in [0.1, 0.15) is 11.9 Å². The van der Waals surface area contributed by atoms with Crippen LogP contribution in [0.3, 0.4) is 0 Å². The van der Waals surface area contributed by atoms with Crippen molar-refractivity contribution in [3.8, 4) is 17.2 Å². The van der Waals surface area contributed by atoms with Crippen LogP contribution in [0.15, 0.2) is 30.3 Å². The molecule has 1 atom stereocenters. The van der Waals surface area contributed by atoms with Crippen LogP contribution >= 0.6 is 0 Å². The maximum absolute atomic E-state index is 12.5. The fourth-order valence-electron chi connectivity index (χ4n) is 4.29. The lowest BCUT2D eigenvalue weighted by atomic mass is 9.95. The number of piperazine rings is 1. The molecule has 0 spiro atoms. The maximum atomic E-state index is 12.5. The molecule has 170 valence electrons. The molecule has 6 heteroatoms. The number of rotatable bonds is 7. The van der Waals surface area contributed by atoms with Gasteiger partial charge in [-0.3, -0.25) is 4.79 Å². The number of pyridine rings is 1. The quantitative estimate of drug-likeness (QED) is 0.647. The van der Waals surface area contributed by atoms with E-state index in [1.807, 2.05) is 11.0 Å². The van der Waals surface area contributed by atoms with E-state index in [2.05, 4.69) is 62.9 Å². The Morgan fingerprint density at radius 3 is 2.56 bits per heavy atom. The van der Waals surface area contributed by atoms with Crippen LogP contribution in [-0.2, 0) is 16.0 Å². The zero-order valence-electron chi connectivity index (χ0n) is 19.9. The highest BCUT2D eigenvalue weighted by molar-refractivity contribution is 5.77. The minimum absolute atomic E-state index is 0.0465. The van der Waals surface area contributed by atoms with Gasteiger partial charge in [0.25, 0.3) is 0 Å². The van der Waals surface area contributed by atoms with Gasteiger partial charge in [-0.1, -0.05) is 45.0 Å². The molecule has 0 radical (unpaired) electrons. The van der Waals surface area contributed by atoms with Crippen molar-refractivity contribution in [2.45, 2.75) is 52.5 Å². The first kappa shape index (κ1) is 23.7. The SMILES string of the molecule is CCc1ccc(-c2cc(C#N)c(N3CCN(C(=O)CCOC)C(C)C3)nc2C(C)C)cc1. The van der Waals surface area contributed by atoms with E-state index in [1.54, 1.807) is 7.11 Å². The Labute approximate surface area is 191 Å². The van der Waals surface area contributed by atoms with E-state index < -0.39 is 0 Å². The molecule has 1 amide bonds. The normalized spacial score (nSPS) is 16.3. The van der Waals surface area contributed by atoms with Crippen molar-refractivity contribution >= 4 is 11.7 Å². The monoisotopic (exact) mass is 434 g/mol. The number of anilines is 1. The number of nitrogens with zero attached hydrogens (tertiary/aromatic N) is 4. The molecule has 1 aliphatic heterocycles. The van der Waals surface area contributed by atoms with Gasteiger partial charge in [0.15, 0.2) is 0 Å². The summed E-state index contributed by atoms with van der Waals surface area (Å²) in [7, 11) is 1.61. The van der Waals surface area contributed by atoms with Gasteiger partial charge < -0.3 is 14.5 Å². The first-order valence-corrected chi connectivity index (χ1v) is 11.5. The topological polar surface area (TPSA) is 69.5 Å². The number of aromatic nitrogens is 1. The maximum Gasteiger partial charge on any atom is 0.225 e. The van der Waals surface area contributed by atoms with Crippen molar-refractivity contribution < 1.29 is 9.53 Å². The predicted octanol–water partition coefficient (Wildman–Crippen LogP) is 4.38. The second kappa shape index (κ2) is 10.6. The largest absolute Gasteiger partial charge is 0.384 e. The third kappa shape index (κ3) is 5.11. The van der Waals surface area contributed by atoms with E-state index in [0.717, 1.165) is 29.1 Å². The molecule has 1 fully saturated rings. The molecule has 0 bridgehead atoms. The number of aryl methyl sites for hydroxylation is 1. The van der Waals surface area contributed by atoms with E-state index in [1.165, 1.54) is 5.56 Å². The lowest BCUT2D eigenvalue weighted by molar-refractivity contribution is -0.134. The number of benzene rings is 1. The first-order chi connectivity index (χ1) is 15.4. The Balaban J connectivity index is 1.91. The zero-order chi connectivity index (χ0) is 23.3. The fourth-order valence-corrected chi connectivity index (χ4v) is 4.29. The number of carbonyl (C=O) groups excluding carboxylic acids is 1. The molecule has 1 aliphatic rings. The van der Waals surface area contributed by atoms with Crippen molar-refractivity contribution in [3.05, 3.63) is 47.2 Å². The molecule has 0 saturated carbocycles. The molecule has 1 unspecified atom stereocenters. The molecule has 2 heterocycles. The summed E-state index contributed by atoms with van der Waals surface area (Å²) in [6.45, 7) is 10.8. The Morgan fingerprint density at radius 1 is 1.28 bits per heavy atom. The van der Waals surface area contributed by atoms with Crippen LogP contribution in [0.5, 0.6) is 0 Å². The highest BCUT2D eigenvalue weighted by atomic mass is 16.5. The molecular weight excluding hydrogens is 400 g/mol. The molecular formula is C26H34N4O2. The first-order valence-electron chi connectivity index (χ1n) is 11.5. The van der Waals surface area contributed by atoms with Crippen molar-refractivity contribution in [2.24, 2.45) is 0 Å². The summed E-state index contributed by atoms with van der Waals surface area (Å²) in [6, 6.07) is 12.9. The van der Waals surface area contributed by atoms with Gasteiger partial charge in [-0.15, -0.1) is 0 Å². The predicted molar refractivity (Wildman–Crippen MR) is 128 cm³/mol. The van der Waals surface area contributed by atoms with Crippen LogP contribution in [-0.4, -0.2) is 55.2 Å². The number of methoxy groups -OCH3 is 1. The number of ether oxygens (including phenoxy) is 1. The van der Waals surface area contributed by atoms with Gasteiger partial charge >= 0.3 is 0 Å². The summed E-state index contributed by atoms with van der Waals surface area (Å²) in [6.07, 6.45) is 1.39. The molecule has 32 heavy (non-hydrogen) atoms. The average molecular weight is 435 g/mol. The molecule has 1 saturated heterocycles. The highest BCUT2D eigenvalue weighted by Gasteiger charge is 2.29. The van der Waals surface area contributed by atoms with Crippen LogP contribution in [0.4, 0.5) is 5.82 Å². The van der Waals surface area contributed by atoms with Crippen LogP contribution in [0.2, 0.25) is 0 Å². The summed E-state index contributed by atoms with van der Waals surface area (Å²) in [5.41, 5.74) is 4.97. The van der Waals surface area contributed by atoms with Crippen molar-refractivity contribution in [1.82, 2.24) is 9.88 Å². The van der Waals surface area contributed by atoms with Gasteiger partial charge in [0.2, 0.25) is 5.91 Å². The Hall–Kier alpha value is -2.91. The highest BCUT2D eigenvalue weighted by Crippen LogP contribution is 2.33. The smallest absolute Gasteiger partial charge is 0.225 e. The van der Waals surface area contributed by atoms with Gasteiger partial charge in [0.05, 0.1) is 24.3 Å². The van der Waals surface area contributed by atoms with E-state index in [4.69, 9.17) is 9.72 Å². The Kier molecular flexibility index (Phi) is 7.87. The summed E-state index contributed by atoms with van der Waals surface area (Å²) >= 11 is 0. The number of hydrogen-bond donors (Lipinski definition) is 0. The van der Waals surface area contributed by atoms with Crippen LogP contribution in [0, 0.1) is 11.3 Å². The fraction of sp³-hybridized carbons (Fsp3) is 0.500. The number of amides is 1. The molecule has 0 N–H and O–H groups in total. The second-order valence-corrected chi connectivity index (χ2v) is 8.73. The van der Waals surface area contributed by atoms with E-state index in [-0.39, 0.29) is 17.9 Å². The molecule has 0 aliphatic carbocycles. The van der Waals surface area contributed by atoms with Gasteiger partial charge in [-0.25, -0.2) is 4.98 Å². The summed E-state index contributed by atoms with van der Waals surface area (Å²) in [5, 5.41) is 9.94. The van der Waals surface area contributed by atoms with Crippen molar-refractivity contribution in [2.75, 3.05) is 38.3 Å². The molecule has 1 aromatic carbocycles. The van der Waals surface area contributed by atoms with E-state index >= 15 is 0 Å². The summed E-state index contributed by atoms with van der Waals surface area (Å²) in [5.74, 6) is 1.05. The molecule has 3 rings (SSSR count). The van der Waals surface area contributed by atoms with Crippen LogP contribution in [0.1, 0.15) is 56.9 Å². The van der Waals surface area contributed by atoms with Gasteiger partial charge in [-0.2, -0.15) is 5.26 Å². The number of nitriles is 1. The molecule has 6 nitrogen and oxygen atoms in total.